The van der Waals surface area contributed by atoms with Crippen molar-refractivity contribution in [2.45, 2.75) is 21.6 Å². The van der Waals surface area contributed by atoms with Crippen LogP contribution in [0.3, 0.4) is 0 Å². The van der Waals surface area contributed by atoms with Crippen LogP contribution >= 0.6 is 24.1 Å². The van der Waals surface area contributed by atoms with Crippen molar-refractivity contribution >= 4 is 68.4 Å². The van der Waals surface area contributed by atoms with E-state index in [1.807, 2.05) is 6.92 Å². The van der Waals surface area contributed by atoms with Crippen molar-refractivity contribution < 1.29 is 145 Å². The van der Waals surface area contributed by atoms with Crippen LogP contribution in [0.2, 0.25) is 0 Å². The van der Waals surface area contributed by atoms with Crippen LogP contribution in [0, 0.1) is 6.92 Å². The van der Waals surface area contributed by atoms with E-state index in [1.54, 1.807) is 42.5 Å². The summed E-state index contributed by atoms with van der Waals surface area (Å²) in [7, 11) is -5.05. The van der Waals surface area contributed by atoms with E-state index in [0.717, 1.165) is 17.3 Å². The van der Waals surface area contributed by atoms with E-state index in [2.05, 4.69) is 34.7 Å². The number of anilines is 3. The maximum Gasteiger partial charge on any atom is 1.00 e. The zero-order valence-electron chi connectivity index (χ0n) is 25.5. The summed E-state index contributed by atoms with van der Waals surface area (Å²) in [6.07, 6.45) is 0.579. The summed E-state index contributed by atoms with van der Waals surface area (Å²) in [5.41, 5.74) is 2.42. The van der Waals surface area contributed by atoms with Gasteiger partial charge in [0, 0.05) is 43.7 Å². The Hall–Kier alpha value is -0.820. The van der Waals surface area contributed by atoms with Crippen LogP contribution in [0.1, 0.15) is 5.56 Å². The molecule has 4 rings (SSSR count). The number of benzene rings is 4. The average Bonchev–Trinajstić information content (AvgIpc) is 3.00. The van der Waals surface area contributed by atoms with Crippen molar-refractivity contribution in [2.75, 3.05) is 29.4 Å². The molecule has 0 heterocycles. The van der Waals surface area contributed by atoms with Gasteiger partial charge >= 0.3 is 88.7 Å². The molecule has 234 valence electrons. The SMILES string of the molecule is Cc1cc(OCNc2ccc(SOO[O-])c3cc(SOO[O-])cc(S(=O)(=O)[O-])c23)ccc1NCOc1cccc(NC=O)c1.[Na+].[Na+].[Na+]. The first-order valence-electron chi connectivity index (χ1n) is 12.2. The molecule has 0 fully saturated rings. The van der Waals surface area contributed by atoms with E-state index in [4.69, 9.17) is 9.47 Å². The minimum absolute atomic E-state index is 0. The molecular formula is C26H22N3Na3O12S3. The second kappa shape index (κ2) is 22.1. The summed E-state index contributed by atoms with van der Waals surface area (Å²) in [5.74, 6) is 1.04. The molecule has 0 saturated carbocycles. The topological polar surface area (TPSA) is 212 Å². The monoisotopic (exact) mass is 733 g/mol. The Morgan fingerprint density at radius 3 is 2.09 bits per heavy atom. The fourth-order valence-electron chi connectivity index (χ4n) is 4.03. The van der Waals surface area contributed by atoms with Crippen LogP contribution in [-0.4, -0.2) is 32.8 Å². The maximum absolute atomic E-state index is 12.2. The number of hydrogen-bond acceptors (Lipinski definition) is 16. The normalized spacial score (nSPS) is 10.6. The van der Waals surface area contributed by atoms with Crippen LogP contribution < -0.4 is 125 Å². The van der Waals surface area contributed by atoms with E-state index >= 15 is 0 Å². The summed E-state index contributed by atoms with van der Waals surface area (Å²) in [4.78, 5) is 10.2. The Morgan fingerprint density at radius 1 is 0.809 bits per heavy atom. The molecule has 4 aromatic carbocycles. The number of ether oxygens (including phenoxy) is 2. The molecule has 1 amide bonds. The molecule has 0 bridgehead atoms. The third kappa shape index (κ3) is 13.1. The Balaban J connectivity index is 0.00000368. The van der Waals surface area contributed by atoms with Gasteiger partial charge in [0.25, 0.3) is 0 Å². The zero-order valence-corrected chi connectivity index (χ0v) is 33.9. The molecule has 0 saturated heterocycles. The van der Waals surface area contributed by atoms with Crippen LogP contribution in [0.15, 0.2) is 81.4 Å². The molecule has 21 heteroatoms. The smallest absolute Gasteiger partial charge is 0.744 e. The number of carbonyl (C=O) groups is 1. The molecule has 0 spiro atoms. The second-order valence-electron chi connectivity index (χ2n) is 8.55. The van der Waals surface area contributed by atoms with Crippen molar-refractivity contribution in [1.82, 2.24) is 0 Å². The fraction of sp³-hybridized carbons (Fsp3) is 0.115. The minimum Gasteiger partial charge on any atom is -0.744 e. The molecule has 15 nitrogen and oxygen atoms in total. The summed E-state index contributed by atoms with van der Waals surface area (Å²) in [5, 5.41) is 36.1. The van der Waals surface area contributed by atoms with Crippen molar-refractivity contribution in [2.24, 2.45) is 0 Å². The van der Waals surface area contributed by atoms with E-state index in [-0.39, 0.29) is 128 Å². The van der Waals surface area contributed by atoms with Gasteiger partial charge in [-0.25, -0.2) is 8.42 Å². The van der Waals surface area contributed by atoms with Crippen molar-refractivity contribution in [3.63, 3.8) is 0 Å². The molecule has 0 atom stereocenters. The van der Waals surface area contributed by atoms with Crippen molar-refractivity contribution in [3.05, 3.63) is 72.3 Å². The number of rotatable bonds is 17. The van der Waals surface area contributed by atoms with Crippen molar-refractivity contribution in [3.8, 4) is 11.5 Å². The van der Waals surface area contributed by atoms with Gasteiger partial charge in [0.05, 0.1) is 29.0 Å². The fourth-order valence-corrected chi connectivity index (χ4v) is 5.76. The van der Waals surface area contributed by atoms with Gasteiger partial charge in [0.2, 0.25) is 6.41 Å². The standard InChI is InChI=1S/C26H25N3O12S3.3Na/c1-16-9-19(5-6-22(16)28-14-36-18-4-2-3-17(10-18)27-13-30)37-15-29-23-7-8-24(43-41-39-32)21-11-20(42-40-38-31)12-25(26(21)23)44(33,34)35;;;/h2-13,28-29,31-32H,14-15H2,1H3,(H,27,30)(H,33,34,35);;;/q;3*+1/p-3. The first kappa shape index (κ1) is 44.2. The van der Waals surface area contributed by atoms with Gasteiger partial charge in [-0.05, 0) is 67.1 Å². The summed E-state index contributed by atoms with van der Waals surface area (Å²) in [6.45, 7) is 1.88. The number of nitrogens with one attached hydrogen (secondary N) is 3. The Morgan fingerprint density at radius 2 is 1.45 bits per heavy atom. The molecule has 0 aromatic heterocycles. The van der Waals surface area contributed by atoms with Gasteiger partial charge in [-0.3, -0.25) is 14.9 Å². The largest absolute Gasteiger partial charge is 1.00 e. The maximum atomic E-state index is 12.2. The van der Waals surface area contributed by atoms with Gasteiger partial charge in [-0.2, -0.15) is 8.67 Å². The molecule has 0 radical (unpaired) electrons. The van der Waals surface area contributed by atoms with E-state index in [0.29, 0.717) is 47.7 Å². The number of hydrogen-bond donors (Lipinski definition) is 3. The molecule has 3 N–H and O–H groups in total. The predicted molar refractivity (Wildman–Crippen MR) is 154 cm³/mol. The van der Waals surface area contributed by atoms with E-state index in [9.17, 15) is 28.3 Å². The Kier molecular flexibility index (Phi) is 20.8. The van der Waals surface area contributed by atoms with Crippen LogP contribution in [-0.2, 0) is 33.7 Å². The second-order valence-corrected chi connectivity index (χ2v) is 11.4. The van der Waals surface area contributed by atoms with Gasteiger partial charge in [0.15, 0.2) is 13.5 Å². The number of amides is 1. The summed E-state index contributed by atoms with van der Waals surface area (Å²) in [6, 6.07) is 17.5. The number of fused-ring (bicyclic) bond motifs is 1. The molecule has 4 aromatic rings. The van der Waals surface area contributed by atoms with E-state index in [1.165, 1.54) is 18.2 Å². The Labute approximate surface area is 344 Å². The van der Waals surface area contributed by atoms with E-state index < -0.39 is 15.0 Å². The number of aryl methyl sites for hydroxylation is 1. The molecule has 0 aliphatic carbocycles. The average molecular weight is 734 g/mol. The van der Waals surface area contributed by atoms with Crippen LogP contribution in [0.25, 0.3) is 10.8 Å². The quantitative estimate of drug-likeness (QED) is 0.0175. The Bertz CT molecular complexity index is 1730. The van der Waals surface area contributed by atoms with Crippen LogP contribution in [0.4, 0.5) is 17.1 Å². The van der Waals surface area contributed by atoms with Crippen molar-refractivity contribution in [1.29, 1.82) is 0 Å². The van der Waals surface area contributed by atoms with Gasteiger partial charge in [-0.1, -0.05) is 6.07 Å². The summed E-state index contributed by atoms with van der Waals surface area (Å²) < 4.78 is 56.8. The summed E-state index contributed by atoms with van der Waals surface area (Å²) >= 11 is 0.851. The third-order valence-corrected chi connectivity index (χ3v) is 7.92. The minimum atomic E-state index is -5.05. The first-order valence-corrected chi connectivity index (χ1v) is 15.1. The molecule has 0 unspecified atom stereocenters. The molecular weight excluding hydrogens is 711 g/mol. The van der Waals surface area contributed by atoms with Gasteiger partial charge in [-0.15, -0.1) is 0 Å². The molecule has 47 heavy (non-hydrogen) atoms. The molecule has 0 aliphatic heterocycles. The van der Waals surface area contributed by atoms with Gasteiger partial charge in [0.1, 0.15) is 21.6 Å². The molecule has 0 aliphatic rings. The predicted octanol–water partition coefficient (Wildman–Crippen LogP) is -6.01. The van der Waals surface area contributed by atoms with Crippen LogP contribution in [0.5, 0.6) is 11.5 Å². The zero-order chi connectivity index (χ0) is 31.5. The van der Waals surface area contributed by atoms with Gasteiger partial charge < -0.3 is 40.5 Å². The third-order valence-electron chi connectivity index (χ3n) is 5.85. The number of carbonyl (C=O) groups excluding carboxylic acids is 1. The first-order chi connectivity index (χ1) is 21.2.